The van der Waals surface area contributed by atoms with Crippen LogP contribution in [0.3, 0.4) is 0 Å². The Balaban J connectivity index is 2.29. The standard InChI is InChI=1S/C17H20ClNO4S/c1-12-9-14(18)6-8-17(12)24(20,21)19(2)11-13-5-7-15(22-3)16(10-13)23-4/h5-10H,11H2,1-4H3. The molecule has 0 saturated carbocycles. The van der Waals surface area contributed by atoms with E-state index in [1.807, 2.05) is 6.07 Å². The van der Waals surface area contributed by atoms with Crippen LogP contribution < -0.4 is 9.47 Å². The molecule has 0 heterocycles. The number of nitrogens with zero attached hydrogens (tertiary/aromatic N) is 1. The second-order valence-corrected chi connectivity index (χ2v) is 7.81. The zero-order valence-electron chi connectivity index (χ0n) is 14.0. The first-order valence-electron chi connectivity index (χ1n) is 7.23. The van der Waals surface area contributed by atoms with E-state index < -0.39 is 10.0 Å². The number of halogens is 1. The molecule has 2 aromatic carbocycles. The van der Waals surface area contributed by atoms with Gasteiger partial charge in [0.2, 0.25) is 10.0 Å². The summed E-state index contributed by atoms with van der Waals surface area (Å²) in [5.74, 6) is 1.16. The fraction of sp³-hybridized carbons (Fsp3) is 0.294. The van der Waals surface area contributed by atoms with Gasteiger partial charge in [-0.1, -0.05) is 17.7 Å². The van der Waals surface area contributed by atoms with Crippen LogP contribution in [-0.4, -0.2) is 34.0 Å². The third-order valence-corrected chi connectivity index (χ3v) is 5.88. The number of sulfonamides is 1. The molecule has 0 radical (unpaired) electrons. The van der Waals surface area contributed by atoms with E-state index in [-0.39, 0.29) is 11.4 Å². The number of rotatable bonds is 6. The summed E-state index contributed by atoms with van der Waals surface area (Å²) in [6.45, 7) is 1.94. The molecular formula is C17H20ClNO4S. The van der Waals surface area contributed by atoms with E-state index in [1.165, 1.54) is 10.4 Å². The van der Waals surface area contributed by atoms with Gasteiger partial charge in [0.1, 0.15) is 0 Å². The van der Waals surface area contributed by atoms with Crippen LogP contribution in [0.1, 0.15) is 11.1 Å². The monoisotopic (exact) mass is 369 g/mol. The normalized spacial score (nSPS) is 11.6. The first-order valence-corrected chi connectivity index (χ1v) is 9.04. The van der Waals surface area contributed by atoms with Gasteiger partial charge in [0, 0.05) is 18.6 Å². The maximum absolute atomic E-state index is 12.8. The van der Waals surface area contributed by atoms with Gasteiger partial charge in [0.15, 0.2) is 11.5 Å². The fourth-order valence-electron chi connectivity index (χ4n) is 2.39. The molecular weight excluding hydrogens is 350 g/mol. The molecule has 0 amide bonds. The zero-order valence-corrected chi connectivity index (χ0v) is 15.6. The topological polar surface area (TPSA) is 55.8 Å². The molecule has 0 bridgehead atoms. The highest BCUT2D eigenvalue weighted by Gasteiger charge is 2.23. The number of ether oxygens (including phenoxy) is 2. The van der Waals surface area contributed by atoms with Crippen LogP contribution in [0.2, 0.25) is 5.02 Å². The Bertz CT molecular complexity index is 836. The molecule has 2 aromatic rings. The molecule has 0 aromatic heterocycles. The molecule has 0 fully saturated rings. The largest absolute Gasteiger partial charge is 0.493 e. The molecule has 0 aliphatic rings. The molecule has 24 heavy (non-hydrogen) atoms. The molecule has 2 rings (SSSR count). The van der Waals surface area contributed by atoms with Crippen molar-refractivity contribution in [2.75, 3.05) is 21.3 Å². The first-order chi connectivity index (χ1) is 11.3. The molecule has 0 N–H and O–H groups in total. The van der Waals surface area contributed by atoms with Gasteiger partial charge < -0.3 is 9.47 Å². The molecule has 0 aliphatic carbocycles. The molecule has 130 valence electrons. The van der Waals surface area contributed by atoms with Gasteiger partial charge in [-0.2, -0.15) is 4.31 Å². The highest BCUT2D eigenvalue weighted by molar-refractivity contribution is 7.89. The molecule has 0 unspecified atom stereocenters. The van der Waals surface area contributed by atoms with E-state index in [0.29, 0.717) is 22.1 Å². The van der Waals surface area contributed by atoms with Crippen LogP contribution in [0.4, 0.5) is 0 Å². The summed E-state index contributed by atoms with van der Waals surface area (Å²) in [4.78, 5) is 0.245. The van der Waals surface area contributed by atoms with Gasteiger partial charge in [-0.15, -0.1) is 0 Å². The second kappa shape index (κ2) is 7.42. The molecule has 7 heteroatoms. The predicted octanol–water partition coefficient (Wildman–Crippen LogP) is 3.49. The minimum atomic E-state index is -3.62. The maximum atomic E-state index is 12.8. The van der Waals surface area contributed by atoms with Crippen LogP contribution >= 0.6 is 11.6 Å². The van der Waals surface area contributed by atoms with E-state index in [0.717, 1.165) is 5.56 Å². The Labute approximate surface area is 147 Å². The van der Waals surface area contributed by atoms with Gasteiger partial charge in [0.25, 0.3) is 0 Å². The summed E-state index contributed by atoms with van der Waals surface area (Å²) < 4.78 is 37.3. The van der Waals surface area contributed by atoms with Crippen molar-refractivity contribution < 1.29 is 17.9 Å². The summed E-state index contributed by atoms with van der Waals surface area (Å²) in [5.41, 5.74) is 1.41. The highest BCUT2D eigenvalue weighted by atomic mass is 35.5. The van der Waals surface area contributed by atoms with E-state index in [2.05, 4.69) is 0 Å². The fourth-order valence-corrected chi connectivity index (χ4v) is 3.98. The summed E-state index contributed by atoms with van der Waals surface area (Å²) >= 11 is 5.90. The number of benzene rings is 2. The zero-order chi connectivity index (χ0) is 17.9. The van der Waals surface area contributed by atoms with Crippen molar-refractivity contribution in [3.05, 3.63) is 52.5 Å². The molecule has 0 spiro atoms. The van der Waals surface area contributed by atoms with Crippen LogP contribution in [-0.2, 0) is 16.6 Å². The Morgan fingerprint density at radius 1 is 1.04 bits per heavy atom. The molecule has 0 saturated heterocycles. The minimum Gasteiger partial charge on any atom is -0.493 e. The van der Waals surface area contributed by atoms with Crippen molar-refractivity contribution in [1.82, 2.24) is 4.31 Å². The van der Waals surface area contributed by atoms with Crippen LogP contribution in [0, 0.1) is 6.92 Å². The predicted molar refractivity (Wildman–Crippen MR) is 94.4 cm³/mol. The maximum Gasteiger partial charge on any atom is 0.243 e. The molecule has 5 nitrogen and oxygen atoms in total. The van der Waals surface area contributed by atoms with Crippen molar-refractivity contribution in [3.63, 3.8) is 0 Å². The molecule has 0 aliphatic heterocycles. The van der Waals surface area contributed by atoms with Gasteiger partial charge in [-0.25, -0.2) is 8.42 Å². The van der Waals surface area contributed by atoms with Crippen molar-refractivity contribution in [2.24, 2.45) is 0 Å². The van der Waals surface area contributed by atoms with E-state index in [4.69, 9.17) is 21.1 Å². The van der Waals surface area contributed by atoms with Crippen molar-refractivity contribution in [2.45, 2.75) is 18.4 Å². The lowest BCUT2D eigenvalue weighted by Crippen LogP contribution is -2.27. The van der Waals surface area contributed by atoms with Gasteiger partial charge in [-0.3, -0.25) is 0 Å². The number of methoxy groups -OCH3 is 2. The van der Waals surface area contributed by atoms with Crippen LogP contribution in [0.15, 0.2) is 41.3 Å². The SMILES string of the molecule is COc1ccc(CN(C)S(=O)(=O)c2ccc(Cl)cc2C)cc1OC. The van der Waals surface area contributed by atoms with Crippen molar-refractivity contribution in [3.8, 4) is 11.5 Å². The lowest BCUT2D eigenvalue weighted by atomic mass is 10.2. The van der Waals surface area contributed by atoms with Crippen LogP contribution in [0.5, 0.6) is 11.5 Å². The summed E-state index contributed by atoms with van der Waals surface area (Å²) in [6, 6.07) is 10.1. The second-order valence-electron chi connectivity index (χ2n) is 5.36. The van der Waals surface area contributed by atoms with Gasteiger partial charge in [0.05, 0.1) is 19.1 Å². The van der Waals surface area contributed by atoms with Gasteiger partial charge in [-0.05, 0) is 48.4 Å². The quantitative estimate of drug-likeness (QED) is 0.782. The minimum absolute atomic E-state index is 0.213. The van der Waals surface area contributed by atoms with Crippen molar-refractivity contribution in [1.29, 1.82) is 0 Å². The number of hydrogen-bond acceptors (Lipinski definition) is 4. The van der Waals surface area contributed by atoms with Gasteiger partial charge >= 0.3 is 0 Å². The lowest BCUT2D eigenvalue weighted by molar-refractivity contribution is 0.354. The highest BCUT2D eigenvalue weighted by Crippen LogP contribution is 2.29. The van der Waals surface area contributed by atoms with Crippen molar-refractivity contribution >= 4 is 21.6 Å². The number of aryl methyl sites for hydroxylation is 1. The third-order valence-electron chi connectivity index (χ3n) is 3.68. The van der Waals surface area contributed by atoms with E-state index in [1.54, 1.807) is 52.5 Å². The summed E-state index contributed by atoms with van der Waals surface area (Å²) in [6.07, 6.45) is 0. The average Bonchev–Trinajstić information content (AvgIpc) is 2.54. The molecule has 0 atom stereocenters. The summed E-state index contributed by atoms with van der Waals surface area (Å²) in [7, 11) is 1.02. The van der Waals surface area contributed by atoms with E-state index in [9.17, 15) is 8.42 Å². The smallest absolute Gasteiger partial charge is 0.243 e. The Morgan fingerprint density at radius 2 is 1.71 bits per heavy atom. The average molecular weight is 370 g/mol. The Hall–Kier alpha value is -1.76. The van der Waals surface area contributed by atoms with E-state index >= 15 is 0 Å². The van der Waals surface area contributed by atoms with Crippen LogP contribution in [0.25, 0.3) is 0 Å². The number of hydrogen-bond donors (Lipinski definition) is 0. The Morgan fingerprint density at radius 3 is 2.29 bits per heavy atom. The lowest BCUT2D eigenvalue weighted by Gasteiger charge is -2.19. The first kappa shape index (κ1) is 18.6. The summed E-state index contributed by atoms with van der Waals surface area (Å²) in [5, 5.41) is 0.508. The third kappa shape index (κ3) is 3.83. The Kier molecular flexibility index (Phi) is 5.74.